The molecule has 0 radical (unpaired) electrons. The van der Waals surface area contributed by atoms with E-state index in [1.165, 1.54) is 28.0 Å². The third-order valence-electron chi connectivity index (χ3n) is 5.08. The van der Waals surface area contributed by atoms with Crippen molar-refractivity contribution in [2.75, 3.05) is 0 Å². The zero-order valence-corrected chi connectivity index (χ0v) is 16.6. The first kappa shape index (κ1) is 19.8. The van der Waals surface area contributed by atoms with Crippen molar-refractivity contribution in [3.63, 3.8) is 0 Å². The number of nitrogens with zero attached hydrogens (tertiary/aromatic N) is 3. The molecule has 0 unspecified atom stereocenters. The van der Waals surface area contributed by atoms with Crippen molar-refractivity contribution in [3.8, 4) is 6.07 Å². The zero-order valence-electron chi connectivity index (χ0n) is 15.8. The molecule has 1 atom stereocenters. The van der Waals surface area contributed by atoms with Gasteiger partial charge >= 0.3 is 5.69 Å². The molecule has 0 saturated heterocycles. The lowest BCUT2D eigenvalue weighted by Crippen LogP contribution is -2.45. The first-order valence-electron chi connectivity index (χ1n) is 9.34. The summed E-state index contributed by atoms with van der Waals surface area (Å²) in [6, 6.07) is 10.7. The predicted octanol–water partition coefficient (Wildman–Crippen LogP) is 1.93. The van der Waals surface area contributed by atoms with Crippen molar-refractivity contribution in [1.82, 2.24) is 14.5 Å². The summed E-state index contributed by atoms with van der Waals surface area (Å²) >= 11 is 1.42. The molecule has 7 nitrogen and oxygen atoms in total. The summed E-state index contributed by atoms with van der Waals surface area (Å²) in [5.74, 6) is -0.948. The number of fused-ring (bicyclic) bond motifs is 1. The van der Waals surface area contributed by atoms with Crippen LogP contribution in [0.25, 0.3) is 0 Å². The summed E-state index contributed by atoms with van der Waals surface area (Å²) in [6.07, 6.45) is 1.16. The summed E-state index contributed by atoms with van der Waals surface area (Å²) in [6.45, 7) is -0.0894. The maximum absolute atomic E-state index is 13.3. The molecule has 1 N–H and O–H groups in total. The highest BCUT2D eigenvalue weighted by molar-refractivity contribution is 7.10. The minimum atomic E-state index is -0.750. The lowest BCUT2D eigenvalue weighted by molar-refractivity contribution is -0.122. The Kier molecular flexibility index (Phi) is 5.33. The highest BCUT2D eigenvalue weighted by Crippen LogP contribution is 2.26. The molecule has 1 aliphatic rings. The molecule has 0 aliphatic carbocycles. The molecule has 2 aromatic heterocycles. The summed E-state index contributed by atoms with van der Waals surface area (Å²) in [4.78, 5) is 39.0. The Hall–Kier alpha value is -3.51. The molecule has 0 saturated carbocycles. The van der Waals surface area contributed by atoms with Gasteiger partial charge in [0.15, 0.2) is 0 Å². The number of aromatic nitrogens is 2. The van der Waals surface area contributed by atoms with Gasteiger partial charge < -0.3 is 5.32 Å². The van der Waals surface area contributed by atoms with Gasteiger partial charge in [0.05, 0.1) is 6.04 Å². The Labute approximate surface area is 174 Å². The van der Waals surface area contributed by atoms with Crippen LogP contribution in [0.3, 0.4) is 0 Å². The van der Waals surface area contributed by atoms with Crippen molar-refractivity contribution in [3.05, 3.63) is 90.1 Å². The molecule has 0 spiro atoms. The van der Waals surface area contributed by atoms with Gasteiger partial charge in [0.25, 0.3) is 5.56 Å². The van der Waals surface area contributed by atoms with Crippen LogP contribution in [-0.4, -0.2) is 15.0 Å². The number of thiophene rings is 1. The molecule has 0 fully saturated rings. The second-order valence-electron chi connectivity index (χ2n) is 6.93. The Morgan fingerprint density at radius 1 is 1.27 bits per heavy atom. The Bertz CT molecular complexity index is 1250. The minimum absolute atomic E-state index is 0.0896. The van der Waals surface area contributed by atoms with E-state index in [9.17, 15) is 24.0 Å². The van der Waals surface area contributed by atoms with E-state index in [0.29, 0.717) is 30.6 Å². The highest BCUT2D eigenvalue weighted by atomic mass is 32.1. The van der Waals surface area contributed by atoms with Crippen LogP contribution < -0.4 is 16.6 Å². The molecular weight excluding hydrogens is 407 g/mol. The molecule has 1 amide bonds. The van der Waals surface area contributed by atoms with Crippen LogP contribution in [0, 0.1) is 17.1 Å². The molecule has 9 heteroatoms. The van der Waals surface area contributed by atoms with Crippen LogP contribution in [0.2, 0.25) is 0 Å². The van der Waals surface area contributed by atoms with Crippen LogP contribution >= 0.6 is 11.3 Å². The zero-order chi connectivity index (χ0) is 21.3. The third-order valence-corrected chi connectivity index (χ3v) is 6.02. The van der Waals surface area contributed by atoms with Crippen molar-refractivity contribution >= 4 is 17.2 Å². The molecule has 4 rings (SSSR count). The lowest BCUT2D eigenvalue weighted by atomic mass is 10.1. The standard InChI is InChI=1S/C21H17FN4O3S/c22-14-7-5-13(6-8-14)19(17-4-2-10-30-17)24-18(27)12-26-20(28)15(11-23)16-3-1-9-25(16)21(26)29/h2,4-8,10,19H,1,3,9,12H2,(H,24,27)/t19-/m1/s1. The van der Waals surface area contributed by atoms with Gasteiger partial charge in [0.2, 0.25) is 5.91 Å². The Morgan fingerprint density at radius 3 is 2.70 bits per heavy atom. The predicted molar refractivity (Wildman–Crippen MR) is 109 cm³/mol. The van der Waals surface area contributed by atoms with Crippen molar-refractivity contribution in [1.29, 1.82) is 5.26 Å². The van der Waals surface area contributed by atoms with Gasteiger partial charge in [-0.2, -0.15) is 5.26 Å². The average Bonchev–Trinajstić information content (AvgIpc) is 3.43. The fourth-order valence-electron chi connectivity index (χ4n) is 3.67. The number of nitrogens with one attached hydrogen (secondary N) is 1. The third kappa shape index (κ3) is 3.57. The van der Waals surface area contributed by atoms with Crippen molar-refractivity contribution in [2.45, 2.75) is 32.0 Å². The first-order valence-corrected chi connectivity index (χ1v) is 10.2. The number of benzene rings is 1. The van der Waals surface area contributed by atoms with E-state index >= 15 is 0 Å². The summed E-state index contributed by atoms with van der Waals surface area (Å²) < 4.78 is 15.5. The smallest absolute Gasteiger partial charge is 0.331 e. The van der Waals surface area contributed by atoms with Gasteiger partial charge in [-0.3, -0.25) is 14.2 Å². The van der Waals surface area contributed by atoms with Crippen LogP contribution in [-0.2, 0) is 24.3 Å². The molecule has 3 aromatic rings. The fourth-order valence-corrected chi connectivity index (χ4v) is 4.47. The number of rotatable bonds is 5. The molecule has 152 valence electrons. The second-order valence-corrected chi connectivity index (χ2v) is 7.91. The summed E-state index contributed by atoms with van der Waals surface area (Å²) in [5, 5.41) is 14.0. The fraction of sp³-hybridized carbons (Fsp3) is 0.238. The molecular formula is C21H17FN4O3S. The van der Waals surface area contributed by atoms with E-state index < -0.39 is 35.6 Å². The van der Waals surface area contributed by atoms with E-state index in [1.807, 2.05) is 23.6 Å². The molecule has 1 aromatic carbocycles. The maximum Gasteiger partial charge on any atom is 0.331 e. The maximum atomic E-state index is 13.3. The van der Waals surface area contributed by atoms with Crippen molar-refractivity contribution < 1.29 is 9.18 Å². The quantitative estimate of drug-likeness (QED) is 0.677. The number of amides is 1. The van der Waals surface area contributed by atoms with Gasteiger partial charge in [0.1, 0.15) is 24.0 Å². The van der Waals surface area contributed by atoms with E-state index in [2.05, 4.69) is 5.32 Å². The average molecular weight is 424 g/mol. The second kappa shape index (κ2) is 8.08. The molecule has 1 aliphatic heterocycles. The normalized spacial score (nSPS) is 13.5. The van der Waals surface area contributed by atoms with E-state index in [4.69, 9.17) is 0 Å². The summed E-state index contributed by atoms with van der Waals surface area (Å²) in [5.41, 5.74) is -0.320. The number of carbonyl (C=O) groups is 1. The van der Waals surface area contributed by atoms with E-state index in [-0.39, 0.29) is 5.56 Å². The summed E-state index contributed by atoms with van der Waals surface area (Å²) in [7, 11) is 0. The molecule has 3 heterocycles. The largest absolute Gasteiger partial charge is 0.343 e. The number of halogens is 1. The molecule has 30 heavy (non-hydrogen) atoms. The Morgan fingerprint density at radius 2 is 2.03 bits per heavy atom. The SMILES string of the molecule is N#Cc1c2n(c(=O)n(CC(=O)N[C@H](c3ccc(F)cc3)c3cccs3)c1=O)CCC2. The minimum Gasteiger partial charge on any atom is -0.343 e. The first-order chi connectivity index (χ1) is 14.5. The Balaban J connectivity index is 1.66. The van der Waals surface area contributed by atoms with Gasteiger partial charge in [-0.1, -0.05) is 18.2 Å². The number of hydrogen-bond acceptors (Lipinski definition) is 5. The van der Waals surface area contributed by atoms with Crippen molar-refractivity contribution in [2.24, 2.45) is 0 Å². The van der Waals surface area contributed by atoms with Gasteiger partial charge in [0, 0.05) is 17.1 Å². The van der Waals surface area contributed by atoms with Crippen LogP contribution in [0.1, 0.15) is 34.2 Å². The number of nitriles is 1. The monoisotopic (exact) mass is 424 g/mol. The van der Waals surface area contributed by atoms with E-state index in [1.54, 1.807) is 12.1 Å². The van der Waals surface area contributed by atoms with E-state index in [0.717, 1.165) is 9.44 Å². The van der Waals surface area contributed by atoms with Gasteiger partial charge in [-0.25, -0.2) is 13.8 Å². The van der Waals surface area contributed by atoms with Gasteiger partial charge in [-0.05, 0) is 42.0 Å². The van der Waals surface area contributed by atoms with Crippen LogP contribution in [0.5, 0.6) is 0 Å². The number of carbonyl (C=O) groups excluding carboxylic acids is 1. The van der Waals surface area contributed by atoms with Crippen LogP contribution in [0.15, 0.2) is 51.4 Å². The highest BCUT2D eigenvalue weighted by Gasteiger charge is 2.25. The topological polar surface area (TPSA) is 96.9 Å². The lowest BCUT2D eigenvalue weighted by Gasteiger charge is -2.19. The molecule has 0 bridgehead atoms. The van der Waals surface area contributed by atoms with Gasteiger partial charge in [-0.15, -0.1) is 11.3 Å². The number of hydrogen-bond donors (Lipinski definition) is 1. The van der Waals surface area contributed by atoms with Crippen LogP contribution in [0.4, 0.5) is 4.39 Å².